The van der Waals surface area contributed by atoms with Gasteiger partial charge in [0, 0.05) is 24.9 Å². The molecule has 5 heteroatoms. The van der Waals surface area contributed by atoms with E-state index in [9.17, 15) is 14.4 Å². The molecule has 1 saturated heterocycles. The molecule has 0 radical (unpaired) electrons. The zero-order valence-corrected chi connectivity index (χ0v) is 9.12. The molecule has 1 aliphatic heterocycles. The molecule has 2 N–H and O–H groups in total. The lowest BCUT2D eigenvalue weighted by Crippen LogP contribution is -2.33. The topological polar surface area (TPSA) is 75.3 Å². The van der Waals surface area contributed by atoms with Gasteiger partial charge in [-0.2, -0.15) is 0 Å². The Balaban J connectivity index is 1.69. The molecule has 2 fully saturated rings. The Labute approximate surface area is 94.0 Å². The van der Waals surface area contributed by atoms with Crippen molar-refractivity contribution in [3.63, 3.8) is 0 Å². The number of nitrogens with one attached hydrogen (secondary N) is 2. The van der Waals surface area contributed by atoms with E-state index in [1.165, 1.54) is 0 Å². The summed E-state index contributed by atoms with van der Waals surface area (Å²) < 4.78 is 0. The highest BCUT2D eigenvalue weighted by Crippen LogP contribution is 2.19. The van der Waals surface area contributed by atoms with E-state index in [2.05, 4.69) is 10.6 Å². The lowest BCUT2D eigenvalue weighted by molar-refractivity contribution is -0.138. The number of carbonyl (C=O) groups is 3. The Morgan fingerprint density at radius 3 is 2.62 bits per heavy atom. The molecule has 1 unspecified atom stereocenters. The van der Waals surface area contributed by atoms with Crippen LogP contribution in [0.4, 0.5) is 0 Å². The van der Waals surface area contributed by atoms with Crippen LogP contribution in [0, 0.1) is 5.92 Å². The molecule has 1 atom stereocenters. The highest BCUT2D eigenvalue weighted by molar-refractivity contribution is 6.36. The van der Waals surface area contributed by atoms with Crippen LogP contribution >= 0.6 is 0 Å². The van der Waals surface area contributed by atoms with Gasteiger partial charge in [0.1, 0.15) is 0 Å². The van der Waals surface area contributed by atoms with Crippen LogP contribution in [0.2, 0.25) is 0 Å². The summed E-state index contributed by atoms with van der Waals surface area (Å²) in [5.41, 5.74) is 0. The van der Waals surface area contributed by atoms with Crippen molar-refractivity contribution in [3.05, 3.63) is 0 Å². The van der Waals surface area contributed by atoms with Crippen molar-refractivity contribution in [2.45, 2.75) is 38.1 Å². The third-order valence-corrected chi connectivity index (χ3v) is 3.05. The van der Waals surface area contributed by atoms with Crippen molar-refractivity contribution in [3.8, 4) is 0 Å². The van der Waals surface area contributed by atoms with Gasteiger partial charge in [0.15, 0.2) is 0 Å². The standard InChI is InChI=1S/C11H16N2O3/c14-9(11(16)13-8-2-3-8)4-1-7-5-6-12-10(7)15/h7-8H,1-6H2,(H,12,15)(H,13,16). The van der Waals surface area contributed by atoms with Gasteiger partial charge < -0.3 is 10.6 Å². The molecule has 2 amide bonds. The summed E-state index contributed by atoms with van der Waals surface area (Å²) >= 11 is 0. The first-order valence-electron chi connectivity index (χ1n) is 5.78. The minimum Gasteiger partial charge on any atom is -0.356 e. The van der Waals surface area contributed by atoms with E-state index in [0.717, 1.165) is 19.3 Å². The van der Waals surface area contributed by atoms with Gasteiger partial charge in [-0.3, -0.25) is 14.4 Å². The fourth-order valence-corrected chi connectivity index (χ4v) is 1.83. The molecule has 16 heavy (non-hydrogen) atoms. The van der Waals surface area contributed by atoms with E-state index in [0.29, 0.717) is 13.0 Å². The van der Waals surface area contributed by atoms with E-state index in [-0.39, 0.29) is 24.3 Å². The Morgan fingerprint density at radius 2 is 2.06 bits per heavy atom. The summed E-state index contributed by atoms with van der Waals surface area (Å²) in [5.74, 6) is -0.958. The molecule has 1 aliphatic carbocycles. The Kier molecular flexibility index (Phi) is 3.22. The van der Waals surface area contributed by atoms with E-state index >= 15 is 0 Å². The van der Waals surface area contributed by atoms with Crippen LogP contribution in [-0.4, -0.2) is 30.2 Å². The predicted molar refractivity (Wildman–Crippen MR) is 56.5 cm³/mol. The third-order valence-electron chi connectivity index (χ3n) is 3.05. The molecule has 2 rings (SSSR count). The van der Waals surface area contributed by atoms with Crippen molar-refractivity contribution in [1.29, 1.82) is 0 Å². The number of amides is 2. The minimum absolute atomic E-state index is 0.00963. The maximum absolute atomic E-state index is 11.4. The van der Waals surface area contributed by atoms with Gasteiger partial charge >= 0.3 is 0 Å². The second-order valence-corrected chi connectivity index (χ2v) is 4.49. The first-order chi connectivity index (χ1) is 7.66. The first kappa shape index (κ1) is 11.1. The van der Waals surface area contributed by atoms with E-state index in [1.807, 2.05) is 0 Å². The van der Waals surface area contributed by atoms with Gasteiger partial charge in [-0.05, 0) is 25.7 Å². The Hall–Kier alpha value is -1.39. The molecule has 2 aliphatic rings. The number of hydrogen-bond acceptors (Lipinski definition) is 3. The first-order valence-corrected chi connectivity index (χ1v) is 5.78. The fraction of sp³-hybridized carbons (Fsp3) is 0.727. The van der Waals surface area contributed by atoms with E-state index in [1.54, 1.807) is 0 Å². The monoisotopic (exact) mass is 224 g/mol. The average molecular weight is 224 g/mol. The molecule has 0 aromatic carbocycles. The smallest absolute Gasteiger partial charge is 0.287 e. The molecule has 0 bridgehead atoms. The van der Waals surface area contributed by atoms with Gasteiger partial charge in [0.2, 0.25) is 11.7 Å². The maximum atomic E-state index is 11.4. The quantitative estimate of drug-likeness (QED) is 0.632. The van der Waals surface area contributed by atoms with Gasteiger partial charge in [0.05, 0.1) is 0 Å². The van der Waals surface area contributed by atoms with E-state index < -0.39 is 11.7 Å². The molecule has 1 heterocycles. The molecule has 1 saturated carbocycles. The number of carbonyl (C=O) groups excluding carboxylic acids is 3. The second-order valence-electron chi connectivity index (χ2n) is 4.49. The second kappa shape index (κ2) is 4.63. The number of ketones is 1. The zero-order valence-electron chi connectivity index (χ0n) is 9.12. The zero-order chi connectivity index (χ0) is 11.5. The summed E-state index contributed by atoms with van der Waals surface area (Å²) in [4.78, 5) is 34.0. The summed E-state index contributed by atoms with van der Waals surface area (Å²) in [7, 11) is 0. The van der Waals surface area contributed by atoms with Crippen LogP contribution in [0.1, 0.15) is 32.1 Å². The molecule has 5 nitrogen and oxygen atoms in total. The normalized spacial score (nSPS) is 24.0. The third kappa shape index (κ3) is 2.81. The lowest BCUT2D eigenvalue weighted by Gasteiger charge is -2.05. The van der Waals surface area contributed by atoms with Crippen LogP contribution in [0.5, 0.6) is 0 Å². The van der Waals surface area contributed by atoms with E-state index in [4.69, 9.17) is 0 Å². The number of rotatable bonds is 5. The van der Waals surface area contributed by atoms with Gasteiger partial charge in [-0.1, -0.05) is 0 Å². The van der Waals surface area contributed by atoms with Crippen LogP contribution in [0.25, 0.3) is 0 Å². The van der Waals surface area contributed by atoms with Crippen molar-refractivity contribution >= 4 is 17.6 Å². The van der Waals surface area contributed by atoms with Crippen molar-refractivity contribution in [2.24, 2.45) is 5.92 Å². The predicted octanol–water partition coefficient (Wildman–Crippen LogP) is -0.250. The van der Waals surface area contributed by atoms with Crippen molar-refractivity contribution in [2.75, 3.05) is 6.54 Å². The summed E-state index contributed by atoms with van der Waals surface area (Å²) in [5, 5.41) is 5.37. The largest absolute Gasteiger partial charge is 0.356 e. The average Bonchev–Trinajstić information content (AvgIpc) is 2.97. The summed E-state index contributed by atoms with van der Waals surface area (Å²) in [6.07, 6.45) is 3.39. The summed E-state index contributed by atoms with van der Waals surface area (Å²) in [6, 6.07) is 0.214. The molecule has 0 spiro atoms. The van der Waals surface area contributed by atoms with Crippen molar-refractivity contribution < 1.29 is 14.4 Å². The van der Waals surface area contributed by atoms with Gasteiger partial charge in [-0.15, -0.1) is 0 Å². The molecule has 0 aromatic heterocycles. The highest BCUT2D eigenvalue weighted by atomic mass is 16.2. The SMILES string of the molecule is O=C(CCC1CCNC1=O)C(=O)NC1CC1. The van der Waals surface area contributed by atoms with Crippen LogP contribution < -0.4 is 10.6 Å². The summed E-state index contributed by atoms with van der Waals surface area (Å²) in [6.45, 7) is 0.686. The molecular weight excluding hydrogens is 208 g/mol. The minimum atomic E-state index is -0.485. The van der Waals surface area contributed by atoms with Crippen LogP contribution in [-0.2, 0) is 14.4 Å². The highest BCUT2D eigenvalue weighted by Gasteiger charge is 2.28. The van der Waals surface area contributed by atoms with Crippen LogP contribution in [0.15, 0.2) is 0 Å². The Morgan fingerprint density at radius 1 is 1.31 bits per heavy atom. The molecular formula is C11H16N2O3. The number of hydrogen-bond donors (Lipinski definition) is 2. The molecule has 0 aromatic rings. The lowest BCUT2D eigenvalue weighted by atomic mass is 10.00. The van der Waals surface area contributed by atoms with Crippen LogP contribution in [0.3, 0.4) is 0 Å². The number of Topliss-reactive ketones (excluding diaryl/α,β-unsaturated/α-hetero) is 1. The van der Waals surface area contributed by atoms with Gasteiger partial charge in [-0.25, -0.2) is 0 Å². The Bertz CT molecular complexity index is 323. The maximum Gasteiger partial charge on any atom is 0.287 e. The molecule has 88 valence electrons. The fourth-order valence-electron chi connectivity index (χ4n) is 1.83. The van der Waals surface area contributed by atoms with Crippen molar-refractivity contribution in [1.82, 2.24) is 10.6 Å². The van der Waals surface area contributed by atoms with Gasteiger partial charge in [0.25, 0.3) is 5.91 Å².